The van der Waals surface area contributed by atoms with E-state index < -0.39 is 11.2 Å². The van der Waals surface area contributed by atoms with Crippen LogP contribution < -0.4 is 5.43 Å². The van der Waals surface area contributed by atoms with Crippen molar-refractivity contribution in [3.8, 4) is 5.75 Å². The Labute approximate surface area is 56.1 Å². The summed E-state index contributed by atoms with van der Waals surface area (Å²) in [7, 11) is 0. The summed E-state index contributed by atoms with van der Waals surface area (Å²) in [5, 5.41) is 8.82. The monoisotopic (exact) mass is 139 g/mol. The van der Waals surface area contributed by atoms with Gasteiger partial charge in [0, 0.05) is 12.3 Å². The number of H-pyrrole nitrogens is 1. The Kier molecular flexibility index (Phi) is 1.53. The molecule has 10 heavy (non-hydrogen) atoms. The third-order valence-corrected chi connectivity index (χ3v) is 1.08. The van der Waals surface area contributed by atoms with Gasteiger partial charge in [-0.05, 0) is 0 Å². The molecule has 0 atom stereocenters. The van der Waals surface area contributed by atoms with Crippen molar-refractivity contribution in [3.05, 3.63) is 28.2 Å². The lowest BCUT2D eigenvalue weighted by molar-refractivity contribution is 0.111. The third kappa shape index (κ3) is 0.907. The van der Waals surface area contributed by atoms with E-state index in [9.17, 15) is 9.59 Å². The van der Waals surface area contributed by atoms with Crippen LogP contribution >= 0.6 is 0 Å². The van der Waals surface area contributed by atoms with Crippen LogP contribution in [0.15, 0.2) is 17.1 Å². The van der Waals surface area contributed by atoms with Crippen LogP contribution in [0.1, 0.15) is 10.5 Å². The molecule has 0 aromatic carbocycles. The summed E-state index contributed by atoms with van der Waals surface area (Å²) in [6.07, 6.45) is 1.68. The minimum atomic E-state index is -0.555. The molecule has 1 aromatic rings. The lowest BCUT2D eigenvalue weighted by atomic mass is 10.3. The summed E-state index contributed by atoms with van der Waals surface area (Å²) in [6, 6.07) is 1.14. The maximum Gasteiger partial charge on any atom is 0.223 e. The topological polar surface area (TPSA) is 70.2 Å². The molecule has 0 aliphatic rings. The van der Waals surface area contributed by atoms with E-state index in [2.05, 4.69) is 4.98 Å². The number of carbonyl (C=O) groups excluding carboxylic acids is 1. The molecule has 0 unspecified atom stereocenters. The van der Waals surface area contributed by atoms with Crippen LogP contribution in [-0.4, -0.2) is 16.4 Å². The molecule has 2 N–H and O–H groups in total. The molecule has 0 spiro atoms. The first-order valence-corrected chi connectivity index (χ1v) is 2.61. The Morgan fingerprint density at radius 1 is 1.60 bits per heavy atom. The fourth-order valence-corrected chi connectivity index (χ4v) is 0.577. The second kappa shape index (κ2) is 2.34. The molecule has 1 heterocycles. The largest absolute Gasteiger partial charge is 0.503 e. The van der Waals surface area contributed by atoms with Crippen LogP contribution in [0.2, 0.25) is 0 Å². The number of hydrogen-bond acceptors (Lipinski definition) is 3. The Hall–Kier alpha value is -1.58. The maximum absolute atomic E-state index is 10.6. The minimum Gasteiger partial charge on any atom is -0.503 e. The highest BCUT2D eigenvalue weighted by Crippen LogP contribution is 2.01. The molecular formula is C6H5NO3. The van der Waals surface area contributed by atoms with Gasteiger partial charge in [-0.25, -0.2) is 0 Å². The molecule has 52 valence electrons. The van der Waals surface area contributed by atoms with Gasteiger partial charge in [0.1, 0.15) is 5.69 Å². The third-order valence-electron chi connectivity index (χ3n) is 1.08. The highest BCUT2D eigenvalue weighted by Gasteiger charge is 2.00. The van der Waals surface area contributed by atoms with Gasteiger partial charge < -0.3 is 10.1 Å². The highest BCUT2D eigenvalue weighted by atomic mass is 16.3. The lowest BCUT2D eigenvalue weighted by Crippen LogP contribution is -2.02. The number of rotatable bonds is 1. The molecule has 0 amide bonds. The Morgan fingerprint density at radius 3 is 2.80 bits per heavy atom. The Balaban J connectivity index is 3.41. The number of aldehydes is 1. The molecule has 0 saturated heterocycles. The van der Waals surface area contributed by atoms with Crippen LogP contribution in [0.5, 0.6) is 5.75 Å². The van der Waals surface area contributed by atoms with Gasteiger partial charge in [-0.15, -0.1) is 0 Å². The fraction of sp³-hybridized carbons (Fsp3) is 0. The number of nitrogens with one attached hydrogen (secondary N) is 1. The second-order valence-electron chi connectivity index (χ2n) is 1.72. The summed E-state index contributed by atoms with van der Waals surface area (Å²) in [4.78, 5) is 23.0. The van der Waals surface area contributed by atoms with Gasteiger partial charge >= 0.3 is 0 Å². The molecule has 0 radical (unpaired) electrons. The van der Waals surface area contributed by atoms with E-state index in [1.165, 1.54) is 6.20 Å². The molecule has 0 aliphatic carbocycles. The summed E-state index contributed by atoms with van der Waals surface area (Å²) >= 11 is 0. The van der Waals surface area contributed by atoms with Gasteiger partial charge in [0.2, 0.25) is 5.43 Å². The zero-order valence-electron chi connectivity index (χ0n) is 5.00. The average Bonchev–Trinajstić information content (AvgIpc) is 1.95. The van der Waals surface area contributed by atoms with Crippen molar-refractivity contribution in [3.63, 3.8) is 0 Å². The lowest BCUT2D eigenvalue weighted by Gasteiger charge is -1.91. The van der Waals surface area contributed by atoms with Crippen LogP contribution in [0, 0.1) is 0 Å². The van der Waals surface area contributed by atoms with E-state index in [-0.39, 0.29) is 5.69 Å². The van der Waals surface area contributed by atoms with E-state index in [0.29, 0.717) is 6.29 Å². The standard InChI is InChI=1S/C6H5NO3/c8-3-4-6(10)5(9)1-2-7-4/h1-3,10H,(H,7,9). The quantitative estimate of drug-likeness (QED) is 0.533. The smallest absolute Gasteiger partial charge is 0.223 e. The maximum atomic E-state index is 10.6. The number of hydrogen-bond donors (Lipinski definition) is 2. The molecule has 0 saturated carbocycles. The molecule has 0 aliphatic heterocycles. The first kappa shape index (κ1) is 6.54. The molecular weight excluding hydrogens is 134 g/mol. The van der Waals surface area contributed by atoms with Gasteiger partial charge in [0.15, 0.2) is 12.0 Å². The predicted molar refractivity (Wildman–Crippen MR) is 34.1 cm³/mol. The zero-order valence-corrected chi connectivity index (χ0v) is 5.00. The van der Waals surface area contributed by atoms with Gasteiger partial charge in [-0.1, -0.05) is 0 Å². The van der Waals surface area contributed by atoms with Crippen LogP contribution in [-0.2, 0) is 0 Å². The van der Waals surface area contributed by atoms with Crippen LogP contribution in [0.25, 0.3) is 0 Å². The van der Waals surface area contributed by atoms with Crippen molar-refractivity contribution in [2.75, 3.05) is 0 Å². The molecule has 0 fully saturated rings. The summed E-state index contributed by atoms with van der Waals surface area (Å²) < 4.78 is 0. The number of aromatic hydroxyl groups is 1. The van der Waals surface area contributed by atoms with E-state index in [4.69, 9.17) is 5.11 Å². The number of pyridine rings is 1. The molecule has 4 nitrogen and oxygen atoms in total. The SMILES string of the molecule is O=Cc1[nH]ccc(=O)c1O. The fourth-order valence-electron chi connectivity index (χ4n) is 0.577. The predicted octanol–water partition coefficient (Wildman–Crippen LogP) is -0.107. The normalized spacial score (nSPS) is 9.20. The average molecular weight is 139 g/mol. The first-order chi connectivity index (χ1) is 4.75. The van der Waals surface area contributed by atoms with Gasteiger partial charge in [-0.3, -0.25) is 9.59 Å². The molecule has 0 bridgehead atoms. The molecule has 1 rings (SSSR count). The van der Waals surface area contributed by atoms with Gasteiger partial charge in [0.05, 0.1) is 0 Å². The van der Waals surface area contributed by atoms with Crippen LogP contribution in [0.3, 0.4) is 0 Å². The van der Waals surface area contributed by atoms with Crippen molar-refractivity contribution in [2.45, 2.75) is 0 Å². The first-order valence-electron chi connectivity index (χ1n) is 2.61. The summed E-state index contributed by atoms with van der Waals surface area (Å²) in [6.45, 7) is 0. The van der Waals surface area contributed by atoms with E-state index in [1.807, 2.05) is 0 Å². The second-order valence-corrected chi connectivity index (χ2v) is 1.72. The van der Waals surface area contributed by atoms with Gasteiger partial charge in [-0.2, -0.15) is 0 Å². The van der Waals surface area contributed by atoms with E-state index >= 15 is 0 Å². The Bertz CT molecular complexity index is 302. The van der Waals surface area contributed by atoms with Gasteiger partial charge in [0.25, 0.3) is 0 Å². The van der Waals surface area contributed by atoms with E-state index in [1.54, 1.807) is 0 Å². The number of carbonyl (C=O) groups is 1. The number of aromatic nitrogens is 1. The van der Waals surface area contributed by atoms with Crippen molar-refractivity contribution < 1.29 is 9.90 Å². The van der Waals surface area contributed by atoms with Crippen molar-refractivity contribution in [1.29, 1.82) is 0 Å². The molecule has 4 heteroatoms. The van der Waals surface area contributed by atoms with E-state index in [0.717, 1.165) is 6.07 Å². The summed E-state index contributed by atoms with van der Waals surface area (Å²) in [5.41, 5.74) is -0.645. The van der Waals surface area contributed by atoms with Crippen LogP contribution in [0.4, 0.5) is 0 Å². The zero-order chi connectivity index (χ0) is 7.56. The van der Waals surface area contributed by atoms with Crippen molar-refractivity contribution in [1.82, 2.24) is 4.98 Å². The summed E-state index contributed by atoms with van der Waals surface area (Å²) in [5.74, 6) is -0.530. The minimum absolute atomic E-state index is 0.0903. The van der Waals surface area contributed by atoms with Crippen molar-refractivity contribution in [2.24, 2.45) is 0 Å². The number of aromatic amines is 1. The highest BCUT2D eigenvalue weighted by molar-refractivity contribution is 5.75. The molecule has 1 aromatic heterocycles. The van der Waals surface area contributed by atoms with Crippen molar-refractivity contribution >= 4 is 6.29 Å². The Morgan fingerprint density at radius 2 is 2.30 bits per heavy atom.